The number of quaternary nitrogens is 2. The molecule has 0 spiro atoms. The van der Waals surface area contributed by atoms with E-state index in [4.69, 9.17) is 0 Å². The van der Waals surface area contributed by atoms with E-state index in [0.717, 1.165) is 0 Å². The molecule has 1 aliphatic rings. The fourth-order valence-corrected chi connectivity index (χ4v) is 3.60. The van der Waals surface area contributed by atoms with Crippen molar-refractivity contribution in [1.82, 2.24) is 0 Å². The van der Waals surface area contributed by atoms with Crippen LogP contribution in [-0.2, 0) is 0 Å². The van der Waals surface area contributed by atoms with Crippen molar-refractivity contribution in [2.75, 3.05) is 39.3 Å². The predicted octanol–water partition coefficient (Wildman–Crippen LogP) is 0.622. The highest BCUT2D eigenvalue weighted by Crippen LogP contribution is 2.22. The summed E-state index contributed by atoms with van der Waals surface area (Å²) in [4.78, 5) is 3.52. The first-order chi connectivity index (χ1) is 10.9. The summed E-state index contributed by atoms with van der Waals surface area (Å²) in [6, 6.07) is 22.0. The first kappa shape index (κ1) is 15.3. The molecule has 2 heteroatoms. The second-order valence-corrected chi connectivity index (χ2v) is 6.43. The molecule has 0 bridgehead atoms. The lowest BCUT2D eigenvalue weighted by molar-refractivity contribution is -1.01. The van der Waals surface area contributed by atoms with Crippen LogP contribution in [0.4, 0.5) is 0 Å². The van der Waals surface area contributed by atoms with E-state index in [0.29, 0.717) is 5.92 Å². The highest BCUT2D eigenvalue weighted by atomic mass is 15.3. The zero-order valence-corrected chi connectivity index (χ0v) is 13.6. The van der Waals surface area contributed by atoms with Gasteiger partial charge in [0.25, 0.3) is 0 Å². The van der Waals surface area contributed by atoms with Crippen molar-refractivity contribution in [1.29, 1.82) is 0 Å². The van der Waals surface area contributed by atoms with E-state index in [9.17, 15) is 0 Å². The van der Waals surface area contributed by atoms with Gasteiger partial charge in [-0.2, -0.15) is 0 Å². The molecule has 2 N–H and O–H groups in total. The molecular formula is C20H28N2+2. The maximum atomic E-state index is 2.30. The van der Waals surface area contributed by atoms with Gasteiger partial charge in [0.05, 0.1) is 19.0 Å². The molecule has 3 rings (SSSR count). The van der Waals surface area contributed by atoms with E-state index >= 15 is 0 Å². The fourth-order valence-electron chi connectivity index (χ4n) is 3.60. The summed E-state index contributed by atoms with van der Waals surface area (Å²) in [5.41, 5.74) is 2.90. The van der Waals surface area contributed by atoms with Gasteiger partial charge < -0.3 is 9.80 Å². The van der Waals surface area contributed by atoms with E-state index in [1.165, 1.54) is 50.4 Å². The molecule has 116 valence electrons. The van der Waals surface area contributed by atoms with Crippen molar-refractivity contribution in [3.05, 3.63) is 71.8 Å². The molecule has 0 amide bonds. The Balaban J connectivity index is 1.75. The van der Waals surface area contributed by atoms with Gasteiger partial charge in [-0.3, -0.25) is 0 Å². The molecule has 1 fully saturated rings. The van der Waals surface area contributed by atoms with E-state index in [1.807, 2.05) is 0 Å². The third-order valence-electron chi connectivity index (χ3n) is 5.06. The average molecular weight is 296 g/mol. The molecule has 0 unspecified atom stereocenters. The molecule has 0 saturated carbocycles. The second-order valence-electron chi connectivity index (χ2n) is 6.43. The van der Waals surface area contributed by atoms with Crippen molar-refractivity contribution in [3.63, 3.8) is 0 Å². The van der Waals surface area contributed by atoms with Gasteiger partial charge in [-0.25, -0.2) is 0 Å². The number of hydrogen-bond acceptors (Lipinski definition) is 0. The summed E-state index contributed by atoms with van der Waals surface area (Å²) in [6.45, 7) is 10.0. The molecule has 2 aromatic rings. The minimum absolute atomic E-state index is 0.514. The van der Waals surface area contributed by atoms with Crippen LogP contribution in [0.25, 0.3) is 0 Å². The van der Waals surface area contributed by atoms with Gasteiger partial charge in [-0.15, -0.1) is 0 Å². The average Bonchev–Trinajstić information content (AvgIpc) is 2.62. The molecule has 2 nitrogen and oxygen atoms in total. The summed E-state index contributed by atoms with van der Waals surface area (Å²) < 4.78 is 0. The topological polar surface area (TPSA) is 8.88 Å². The fraction of sp³-hybridized carbons (Fsp3) is 0.400. The Hall–Kier alpha value is -1.64. The summed E-state index contributed by atoms with van der Waals surface area (Å²) in [5.74, 6) is 0.514. The lowest BCUT2D eigenvalue weighted by atomic mass is 9.90. The van der Waals surface area contributed by atoms with Crippen LogP contribution in [0.5, 0.6) is 0 Å². The number of nitrogens with one attached hydrogen (secondary N) is 2. The summed E-state index contributed by atoms with van der Waals surface area (Å²) >= 11 is 0. The summed E-state index contributed by atoms with van der Waals surface area (Å²) in [5, 5.41) is 0. The van der Waals surface area contributed by atoms with Gasteiger partial charge in [0.1, 0.15) is 26.2 Å². The summed E-state index contributed by atoms with van der Waals surface area (Å²) in [7, 11) is 0. The second kappa shape index (κ2) is 7.57. The SMILES string of the molecule is CC[NH+]1CC[NH+](CC(c2ccccc2)c2ccccc2)CC1. The van der Waals surface area contributed by atoms with Gasteiger partial charge in [0.2, 0.25) is 0 Å². The Labute approximate surface area is 134 Å². The van der Waals surface area contributed by atoms with Crippen LogP contribution in [0.1, 0.15) is 24.0 Å². The maximum Gasteiger partial charge on any atom is 0.127 e. The highest BCUT2D eigenvalue weighted by Gasteiger charge is 2.26. The number of rotatable bonds is 5. The molecule has 0 radical (unpaired) electrons. The Morgan fingerprint density at radius 2 is 1.18 bits per heavy atom. The molecule has 1 saturated heterocycles. The molecule has 0 aliphatic carbocycles. The van der Waals surface area contributed by atoms with Gasteiger partial charge in [-0.1, -0.05) is 60.7 Å². The first-order valence-electron chi connectivity index (χ1n) is 8.64. The molecule has 1 aliphatic heterocycles. The van der Waals surface area contributed by atoms with E-state index in [-0.39, 0.29) is 0 Å². The molecule has 0 aromatic heterocycles. The van der Waals surface area contributed by atoms with Crippen molar-refractivity contribution < 1.29 is 9.80 Å². The third kappa shape index (κ3) is 3.76. The molecule has 22 heavy (non-hydrogen) atoms. The zero-order chi connectivity index (χ0) is 15.2. The Kier molecular flexibility index (Phi) is 5.25. The first-order valence-corrected chi connectivity index (χ1v) is 8.64. The van der Waals surface area contributed by atoms with E-state index in [1.54, 1.807) is 9.80 Å². The van der Waals surface area contributed by atoms with Crippen LogP contribution in [0, 0.1) is 0 Å². The normalized spacial score (nSPS) is 21.9. The third-order valence-corrected chi connectivity index (χ3v) is 5.06. The Morgan fingerprint density at radius 3 is 1.64 bits per heavy atom. The lowest BCUT2D eigenvalue weighted by Crippen LogP contribution is -3.28. The van der Waals surface area contributed by atoms with Crippen molar-refractivity contribution in [2.45, 2.75) is 12.8 Å². The van der Waals surface area contributed by atoms with Crippen LogP contribution in [0.3, 0.4) is 0 Å². The standard InChI is InChI=1S/C20H26N2/c1-2-21-13-15-22(16-14-21)17-20(18-9-5-3-6-10-18)19-11-7-4-8-12-19/h3-12,20H,2,13-17H2,1H3/p+2. The van der Waals surface area contributed by atoms with Crippen LogP contribution in [0.2, 0.25) is 0 Å². The van der Waals surface area contributed by atoms with E-state index in [2.05, 4.69) is 67.6 Å². The zero-order valence-electron chi connectivity index (χ0n) is 13.6. The van der Waals surface area contributed by atoms with Crippen LogP contribution >= 0.6 is 0 Å². The molecule has 2 aromatic carbocycles. The maximum absolute atomic E-state index is 2.30. The predicted molar refractivity (Wildman–Crippen MR) is 91.5 cm³/mol. The molecule has 0 atom stereocenters. The highest BCUT2D eigenvalue weighted by molar-refractivity contribution is 5.32. The van der Waals surface area contributed by atoms with Crippen molar-refractivity contribution in [2.24, 2.45) is 0 Å². The van der Waals surface area contributed by atoms with Crippen LogP contribution < -0.4 is 9.80 Å². The minimum Gasteiger partial charge on any atom is -0.326 e. The summed E-state index contributed by atoms with van der Waals surface area (Å²) in [6.07, 6.45) is 0. The van der Waals surface area contributed by atoms with Gasteiger partial charge >= 0.3 is 0 Å². The number of piperazine rings is 1. The smallest absolute Gasteiger partial charge is 0.127 e. The van der Waals surface area contributed by atoms with Gasteiger partial charge in [0, 0.05) is 0 Å². The largest absolute Gasteiger partial charge is 0.326 e. The molecule has 1 heterocycles. The van der Waals surface area contributed by atoms with Gasteiger partial charge in [0.15, 0.2) is 0 Å². The monoisotopic (exact) mass is 296 g/mol. The van der Waals surface area contributed by atoms with Crippen LogP contribution in [0.15, 0.2) is 60.7 Å². The van der Waals surface area contributed by atoms with Crippen LogP contribution in [-0.4, -0.2) is 39.3 Å². The molecular weight excluding hydrogens is 268 g/mol. The van der Waals surface area contributed by atoms with Gasteiger partial charge in [-0.05, 0) is 18.1 Å². The van der Waals surface area contributed by atoms with Crippen molar-refractivity contribution in [3.8, 4) is 0 Å². The Bertz CT molecular complexity index is 505. The van der Waals surface area contributed by atoms with Crippen molar-refractivity contribution >= 4 is 0 Å². The number of likely N-dealkylation sites (N-methyl/N-ethyl adjacent to an activating group) is 1. The Morgan fingerprint density at radius 1 is 0.727 bits per heavy atom. The van der Waals surface area contributed by atoms with E-state index < -0.39 is 0 Å². The number of hydrogen-bond donors (Lipinski definition) is 2. The number of benzene rings is 2. The lowest BCUT2D eigenvalue weighted by Gasteiger charge is -2.31. The quantitative estimate of drug-likeness (QED) is 0.800. The minimum atomic E-state index is 0.514.